The zero-order chi connectivity index (χ0) is 17.0. The van der Waals surface area contributed by atoms with E-state index in [1.807, 2.05) is 0 Å². The number of benzene rings is 1. The number of hydrogen-bond acceptors (Lipinski definition) is 5. The molecule has 0 heterocycles. The molecule has 1 amide bonds. The van der Waals surface area contributed by atoms with Crippen LogP contribution in [0.25, 0.3) is 0 Å². The molecule has 116 valence electrons. The van der Waals surface area contributed by atoms with E-state index in [0.717, 1.165) is 0 Å². The summed E-state index contributed by atoms with van der Waals surface area (Å²) in [6.07, 6.45) is 4.58. The highest BCUT2D eigenvalue weighted by molar-refractivity contribution is 6.09. The summed E-state index contributed by atoms with van der Waals surface area (Å²) in [5, 5.41) is 18.0. The molecule has 2 rings (SSSR count). The largest absolute Gasteiger partial charge is 0.302 e. The summed E-state index contributed by atoms with van der Waals surface area (Å²) in [5.41, 5.74) is 1.31. The summed E-state index contributed by atoms with van der Waals surface area (Å²) in [4.78, 5) is 33.7. The monoisotopic (exact) mass is 311 g/mol. The number of nitro benzene ring substituents is 1. The van der Waals surface area contributed by atoms with Gasteiger partial charge < -0.3 is 0 Å². The van der Waals surface area contributed by atoms with Crippen LogP contribution >= 0.6 is 0 Å². The molecule has 0 spiro atoms. The van der Waals surface area contributed by atoms with Crippen molar-refractivity contribution >= 4 is 17.4 Å². The maximum absolute atomic E-state index is 11.9. The van der Waals surface area contributed by atoms with Gasteiger partial charge in [-0.25, -0.2) is 0 Å². The molecule has 0 unspecified atom stereocenters. The maximum atomic E-state index is 11.9. The summed E-state index contributed by atoms with van der Waals surface area (Å²) in [6.45, 7) is 3.37. The lowest BCUT2D eigenvalue weighted by Crippen LogP contribution is -2.05. The Hall–Kier alpha value is -3.22. The second kappa shape index (κ2) is 6.69. The lowest BCUT2D eigenvalue weighted by atomic mass is 9.96. The van der Waals surface area contributed by atoms with Gasteiger partial charge in [0.1, 0.15) is 5.56 Å². The molecule has 1 aromatic rings. The third-order valence-electron chi connectivity index (χ3n) is 3.17. The Morgan fingerprint density at radius 1 is 1.17 bits per heavy atom. The van der Waals surface area contributed by atoms with Crippen LogP contribution in [0.4, 0.5) is 5.69 Å². The predicted molar refractivity (Wildman–Crippen MR) is 82.9 cm³/mol. The third-order valence-corrected chi connectivity index (χ3v) is 3.17. The molecule has 7 nitrogen and oxygen atoms in total. The van der Waals surface area contributed by atoms with Crippen LogP contribution in [0.15, 0.2) is 69.6 Å². The van der Waals surface area contributed by atoms with Crippen molar-refractivity contribution < 1.29 is 14.5 Å². The van der Waals surface area contributed by atoms with Crippen molar-refractivity contribution in [2.24, 2.45) is 10.2 Å². The Balaban J connectivity index is 2.22. The van der Waals surface area contributed by atoms with Crippen LogP contribution in [0.5, 0.6) is 0 Å². The van der Waals surface area contributed by atoms with E-state index in [4.69, 9.17) is 0 Å². The van der Waals surface area contributed by atoms with E-state index in [1.54, 1.807) is 26.0 Å². The lowest BCUT2D eigenvalue weighted by Gasteiger charge is -2.07. The lowest BCUT2D eigenvalue weighted by molar-refractivity contribution is -0.385. The Bertz CT molecular complexity index is 792. The quantitative estimate of drug-likeness (QED) is 0.484. The van der Waals surface area contributed by atoms with E-state index < -0.39 is 10.8 Å². The van der Waals surface area contributed by atoms with Crippen molar-refractivity contribution in [2.75, 3.05) is 0 Å². The number of rotatable bonds is 3. The smallest absolute Gasteiger partial charge is 0.289 e. The van der Waals surface area contributed by atoms with Gasteiger partial charge in [-0.1, -0.05) is 12.1 Å². The van der Waals surface area contributed by atoms with Crippen molar-refractivity contribution in [3.8, 4) is 0 Å². The molecule has 1 aromatic carbocycles. The van der Waals surface area contributed by atoms with Gasteiger partial charge in [0.2, 0.25) is 0 Å². The second-order valence-electron chi connectivity index (χ2n) is 4.91. The van der Waals surface area contributed by atoms with Gasteiger partial charge in [0.25, 0.3) is 5.69 Å². The van der Waals surface area contributed by atoms with Gasteiger partial charge >= 0.3 is 5.91 Å². The number of carbonyl (C=O) groups excluding carboxylic acids is 2. The molecule has 0 aliphatic heterocycles. The minimum Gasteiger partial charge on any atom is -0.289 e. The first kappa shape index (κ1) is 16.2. The normalized spacial score (nSPS) is 14.5. The molecule has 1 aliphatic rings. The van der Waals surface area contributed by atoms with E-state index in [9.17, 15) is 19.7 Å². The minimum atomic E-state index is -0.803. The molecule has 1 aliphatic carbocycles. The van der Waals surface area contributed by atoms with Gasteiger partial charge in [-0.3, -0.25) is 19.7 Å². The number of amides is 1. The Morgan fingerprint density at radius 3 is 2.39 bits per heavy atom. The fourth-order valence-electron chi connectivity index (χ4n) is 2.07. The highest BCUT2D eigenvalue weighted by atomic mass is 16.6. The summed E-state index contributed by atoms with van der Waals surface area (Å²) in [7, 11) is 0. The Morgan fingerprint density at radius 2 is 1.78 bits per heavy atom. The van der Waals surface area contributed by atoms with Crippen LogP contribution in [0.2, 0.25) is 0 Å². The second-order valence-corrected chi connectivity index (χ2v) is 4.91. The van der Waals surface area contributed by atoms with Crippen LogP contribution in [-0.4, -0.2) is 16.6 Å². The molecule has 23 heavy (non-hydrogen) atoms. The average molecular weight is 311 g/mol. The number of allylic oxidation sites excluding steroid dienone is 5. The summed E-state index contributed by atoms with van der Waals surface area (Å²) in [6, 6.07) is 5.53. The van der Waals surface area contributed by atoms with Crippen LogP contribution in [-0.2, 0) is 4.79 Å². The third kappa shape index (κ3) is 3.70. The number of azo groups is 1. The molecular weight excluding hydrogens is 298 g/mol. The number of Topliss-reactive ketones (excluding diaryl/α,β-unsaturated/α-hetero) is 1. The predicted octanol–water partition coefficient (Wildman–Crippen LogP) is 3.55. The highest BCUT2D eigenvalue weighted by Crippen LogP contribution is 2.20. The Labute approximate surface area is 131 Å². The van der Waals surface area contributed by atoms with Crippen molar-refractivity contribution in [1.82, 2.24) is 0 Å². The van der Waals surface area contributed by atoms with Gasteiger partial charge in [0, 0.05) is 6.07 Å². The number of hydrogen-bond donors (Lipinski definition) is 0. The first-order chi connectivity index (χ1) is 10.9. The van der Waals surface area contributed by atoms with E-state index in [1.165, 1.54) is 30.5 Å². The van der Waals surface area contributed by atoms with Gasteiger partial charge in [0.15, 0.2) is 5.78 Å². The fourth-order valence-corrected chi connectivity index (χ4v) is 2.07. The van der Waals surface area contributed by atoms with Crippen LogP contribution in [0.1, 0.15) is 24.2 Å². The van der Waals surface area contributed by atoms with Gasteiger partial charge in [-0.2, -0.15) is 5.11 Å². The van der Waals surface area contributed by atoms with E-state index >= 15 is 0 Å². The van der Waals surface area contributed by atoms with E-state index in [2.05, 4.69) is 10.2 Å². The summed E-state index contributed by atoms with van der Waals surface area (Å²) < 4.78 is 0. The zero-order valence-electron chi connectivity index (χ0n) is 12.5. The van der Waals surface area contributed by atoms with Crippen molar-refractivity contribution in [3.05, 3.63) is 75.0 Å². The SMILES string of the molecule is CC1=CC(=C/N=N/C(=O)c2ccccc2[N+](=O)[O-])C=C(C)C1=O. The molecule has 0 atom stereocenters. The number of nitro groups is 1. The van der Waals surface area contributed by atoms with Crippen LogP contribution in [0.3, 0.4) is 0 Å². The van der Waals surface area contributed by atoms with Gasteiger partial charge in [-0.15, -0.1) is 5.11 Å². The first-order valence-corrected chi connectivity index (χ1v) is 6.70. The average Bonchev–Trinajstić information content (AvgIpc) is 2.52. The molecule has 0 N–H and O–H groups in total. The molecule has 0 bridgehead atoms. The van der Waals surface area contributed by atoms with Crippen molar-refractivity contribution in [1.29, 1.82) is 0 Å². The summed E-state index contributed by atoms with van der Waals surface area (Å²) >= 11 is 0. The maximum Gasteiger partial charge on any atom is 0.302 e. The first-order valence-electron chi connectivity index (χ1n) is 6.70. The van der Waals surface area contributed by atoms with E-state index in [0.29, 0.717) is 16.7 Å². The molecule has 0 radical (unpaired) electrons. The van der Waals surface area contributed by atoms with E-state index in [-0.39, 0.29) is 17.0 Å². The topological polar surface area (TPSA) is 102 Å². The number of para-hydroxylation sites is 1. The highest BCUT2D eigenvalue weighted by Gasteiger charge is 2.18. The zero-order valence-corrected chi connectivity index (χ0v) is 12.5. The van der Waals surface area contributed by atoms with Gasteiger partial charge in [0.05, 0.1) is 11.1 Å². The molecule has 0 saturated heterocycles. The van der Waals surface area contributed by atoms with Crippen molar-refractivity contribution in [3.63, 3.8) is 0 Å². The minimum absolute atomic E-state index is 0.0462. The van der Waals surface area contributed by atoms with Crippen LogP contribution in [0, 0.1) is 10.1 Å². The molecule has 0 saturated carbocycles. The van der Waals surface area contributed by atoms with Crippen molar-refractivity contribution in [2.45, 2.75) is 13.8 Å². The fraction of sp³-hybridized carbons (Fsp3) is 0.125. The number of nitrogens with zero attached hydrogens (tertiary/aromatic N) is 3. The van der Waals surface area contributed by atoms with Gasteiger partial charge in [-0.05, 0) is 48.8 Å². The molecule has 0 aromatic heterocycles. The molecular formula is C16H13N3O4. The number of ketones is 1. The summed E-state index contributed by atoms with van der Waals surface area (Å²) in [5.74, 6) is -0.850. The number of carbonyl (C=O) groups is 2. The standard InChI is InChI=1S/C16H13N3O4/c1-10-7-12(8-11(2)15(10)20)9-17-18-16(21)13-5-3-4-6-14(13)19(22)23/h3-9H,1-2H3/b18-17+. The Kier molecular flexibility index (Phi) is 4.70. The molecule has 0 fully saturated rings. The van der Waals surface area contributed by atoms with Crippen LogP contribution < -0.4 is 0 Å². The molecule has 7 heteroatoms.